The van der Waals surface area contributed by atoms with Crippen molar-refractivity contribution in [3.63, 3.8) is 0 Å². The zero-order chi connectivity index (χ0) is 13.6. The average molecular weight is 271 g/mol. The second-order valence-electron chi connectivity index (χ2n) is 4.67. The van der Waals surface area contributed by atoms with Crippen molar-refractivity contribution in [3.8, 4) is 0 Å². The summed E-state index contributed by atoms with van der Waals surface area (Å²) in [5.41, 5.74) is 0.970. The number of rotatable bonds is 5. The van der Waals surface area contributed by atoms with Crippen molar-refractivity contribution in [2.75, 3.05) is 23.8 Å². The Bertz CT molecular complexity index is 542. The molecule has 6 heteroatoms. The number of para-hydroxylation sites is 1. The first-order valence-corrected chi connectivity index (χ1v) is 6.77. The van der Waals surface area contributed by atoms with Gasteiger partial charge in [-0.15, -0.1) is 5.10 Å². The van der Waals surface area contributed by atoms with Crippen molar-refractivity contribution in [1.82, 2.24) is 15.2 Å². The van der Waals surface area contributed by atoms with Gasteiger partial charge < -0.3 is 15.4 Å². The van der Waals surface area contributed by atoms with Crippen LogP contribution in [0.1, 0.15) is 12.8 Å². The van der Waals surface area contributed by atoms with Gasteiger partial charge in [0, 0.05) is 18.8 Å². The largest absolute Gasteiger partial charge is 0.376 e. The fourth-order valence-electron chi connectivity index (χ4n) is 2.12. The highest BCUT2D eigenvalue weighted by Crippen LogP contribution is 2.15. The Labute approximate surface area is 117 Å². The minimum atomic E-state index is 0.254. The third kappa shape index (κ3) is 3.42. The number of benzene rings is 1. The van der Waals surface area contributed by atoms with Crippen LogP contribution in [0.15, 0.2) is 36.5 Å². The molecule has 2 aromatic rings. The van der Waals surface area contributed by atoms with Gasteiger partial charge in [0.1, 0.15) is 0 Å². The fraction of sp³-hybridized carbons (Fsp3) is 0.357. The summed E-state index contributed by atoms with van der Waals surface area (Å²) in [7, 11) is 0. The molecule has 1 saturated heterocycles. The lowest BCUT2D eigenvalue weighted by Crippen LogP contribution is -2.20. The Morgan fingerprint density at radius 2 is 2.15 bits per heavy atom. The molecule has 2 heterocycles. The highest BCUT2D eigenvalue weighted by atomic mass is 16.5. The summed E-state index contributed by atoms with van der Waals surface area (Å²) >= 11 is 0. The van der Waals surface area contributed by atoms with Crippen LogP contribution < -0.4 is 10.6 Å². The van der Waals surface area contributed by atoms with Crippen LogP contribution in [-0.2, 0) is 4.74 Å². The molecule has 1 unspecified atom stereocenters. The molecule has 104 valence electrons. The Morgan fingerprint density at radius 1 is 1.25 bits per heavy atom. The molecule has 1 atom stereocenters. The minimum absolute atomic E-state index is 0.254. The van der Waals surface area contributed by atoms with E-state index in [1.165, 1.54) is 0 Å². The quantitative estimate of drug-likeness (QED) is 0.868. The number of nitrogens with one attached hydrogen (secondary N) is 2. The standard InChI is InChI=1S/C14H17N5O/c1-2-5-11(6-3-1)17-13-10-16-19-14(18-13)15-9-12-7-4-8-20-12/h1-3,5-6,10,12H,4,7-9H2,(H2,15,17,18,19). The first kappa shape index (κ1) is 12.8. The van der Waals surface area contributed by atoms with E-state index in [2.05, 4.69) is 25.8 Å². The summed E-state index contributed by atoms with van der Waals surface area (Å²) in [5.74, 6) is 1.18. The van der Waals surface area contributed by atoms with Gasteiger partial charge >= 0.3 is 0 Å². The number of hydrogen-bond acceptors (Lipinski definition) is 6. The molecule has 1 aromatic carbocycles. The summed E-state index contributed by atoms with van der Waals surface area (Å²) in [6.45, 7) is 1.57. The zero-order valence-electron chi connectivity index (χ0n) is 11.1. The van der Waals surface area contributed by atoms with Gasteiger partial charge in [0.05, 0.1) is 12.3 Å². The minimum Gasteiger partial charge on any atom is -0.376 e. The molecular weight excluding hydrogens is 254 g/mol. The van der Waals surface area contributed by atoms with Crippen LogP contribution in [0.2, 0.25) is 0 Å². The van der Waals surface area contributed by atoms with Gasteiger partial charge in [-0.05, 0) is 25.0 Å². The van der Waals surface area contributed by atoms with Crippen LogP contribution >= 0.6 is 0 Å². The van der Waals surface area contributed by atoms with Crippen LogP contribution in [0.5, 0.6) is 0 Å². The van der Waals surface area contributed by atoms with Crippen molar-refractivity contribution >= 4 is 17.5 Å². The lowest BCUT2D eigenvalue weighted by molar-refractivity contribution is 0.120. The maximum absolute atomic E-state index is 5.55. The van der Waals surface area contributed by atoms with E-state index in [-0.39, 0.29) is 6.10 Å². The number of aromatic nitrogens is 3. The lowest BCUT2D eigenvalue weighted by atomic mass is 10.2. The summed E-state index contributed by atoms with van der Waals surface area (Å²) in [5, 5.41) is 14.3. The smallest absolute Gasteiger partial charge is 0.244 e. The molecule has 1 aliphatic rings. The van der Waals surface area contributed by atoms with E-state index >= 15 is 0 Å². The van der Waals surface area contributed by atoms with Crippen molar-refractivity contribution in [2.24, 2.45) is 0 Å². The van der Waals surface area contributed by atoms with Crippen LogP contribution in [0.25, 0.3) is 0 Å². The summed E-state index contributed by atoms with van der Waals surface area (Å²) in [4.78, 5) is 4.38. The monoisotopic (exact) mass is 271 g/mol. The van der Waals surface area contributed by atoms with E-state index in [1.54, 1.807) is 6.20 Å². The normalized spacial score (nSPS) is 17.9. The van der Waals surface area contributed by atoms with Crippen LogP contribution in [0.3, 0.4) is 0 Å². The molecule has 3 rings (SSSR count). The second-order valence-corrected chi connectivity index (χ2v) is 4.67. The van der Waals surface area contributed by atoms with E-state index in [0.29, 0.717) is 11.8 Å². The Balaban J connectivity index is 1.60. The second kappa shape index (κ2) is 6.29. The Hall–Kier alpha value is -2.21. The molecule has 2 N–H and O–H groups in total. The highest BCUT2D eigenvalue weighted by molar-refractivity contribution is 5.55. The van der Waals surface area contributed by atoms with Crippen molar-refractivity contribution < 1.29 is 4.74 Å². The molecule has 1 fully saturated rings. The molecule has 6 nitrogen and oxygen atoms in total. The molecule has 0 bridgehead atoms. The lowest BCUT2D eigenvalue weighted by Gasteiger charge is -2.11. The predicted molar refractivity (Wildman–Crippen MR) is 77.0 cm³/mol. The van der Waals surface area contributed by atoms with Gasteiger partial charge in [-0.1, -0.05) is 18.2 Å². The van der Waals surface area contributed by atoms with Crippen molar-refractivity contribution in [1.29, 1.82) is 0 Å². The maximum atomic E-state index is 5.55. The van der Waals surface area contributed by atoms with E-state index in [9.17, 15) is 0 Å². The van der Waals surface area contributed by atoms with Gasteiger partial charge in [0.2, 0.25) is 5.95 Å². The number of anilines is 3. The number of ether oxygens (including phenoxy) is 1. The average Bonchev–Trinajstić information content (AvgIpc) is 3.00. The summed E-state index contributed by atoms with van der Waals surface area (Å²) in [6.07, 6.45) is 4.07. The van der Waals surface area contributed by atoms with Gasteiger partial charge in [0.15, 0.2) is 5.82 Å². The SMILES string of the molecule is c1ccc(Nc2cnnc(NCC3CCCO3)n2)cc1. The maximum Gasteiger partial charge on any atom is 0.244 e. The van der Waals surface area contributed by atoms with Gasteiger partial charge in [-0.2, -0.15) is 10.1 Å². The highest BCUT2D eigenvalue weighted by Gasteiger charge is 2.15. The van der Waals surface area contributed by atoms with E-state index in [1.807, 2.05) is 30.3 Å². The molecule has 1 aromatic heterocycles. The first-order valence-electron chi connectivity index (χ1n) is 6.77. The van der Waals surface area contributed by atoms with Gasteiger partial charge in [-0.25, -0.2) is 0 Å². The molecule has 20 heavy (non-hydrogen) atoms. The Kier molecular flexibility index (Phi) is 4.03. The predicted octanol–water partition coefficient (Wildman–Crippen LogP) is 2.21. The molecule has 0 saturated carbocycles. The topological polar surface area (TPSA) is 72.0 Å². The van der Waals surface area contributed by atoms with E-state index < -0.39 is 0 Å². The molecule has 1 aliphatic heterocycles. The van der Waals surface area contributed by atoms with Crippen LogP contribution in [0, 0.1) is 0 Å². The summed E-state index contributed by atoms with van der Waals surface area (Å²) in [6, 6.07) is 9.85. The van der Waals surface area contributed by atoms with Crippen LogP contribution in [-0.4, -0.2) is 34.4 Å². The molecule has 0 spiro atoms. The first-order chi connectivity index (χ1) is 9.90. The van der Waals surface area contributed by atoms with Crippen molar-refractivity contribution in [3.05, 3.63) is 36.5 Å². The van der Waals surface area contributed by atoms with Crippen molar-refractivity contribution in [2.45, 2.75) is 18.9 Å². The zero-order valence-corrected chi connectivity index (χ0v) is 11.1. The van der Waals surface area contributed by atoms with E-state index in [4.69, 9.17) is 4.74 Å². The fourth-order valence-corrected chi connectivity index (χ4v) is 2.12. The molecule has 0 amide bonds. The van der Waals surface area contributed by atoms with Gasteiger partial charge in [-0.3, -0.25) is 0 Å². The van der Waals surface area contributed by atoms with E-state index in [0.717, 1.165) is 31.7 Å². The molecular formula is C14H17N5O. The number of hydrogen-bond donors (Lipinski definition) is 2. The molecule has 0 aliphatic carbocycles. The summed E-state index contributed by atoms with van der Waals surface area (Å²) < 4.78 is 5.55. The van der Waals surface area contributed by atoms with Crippen LogP contribution in [0.4, 0.5) is 17.5 Å². The number of nitrogens with zero attached hydrogens (tertiary/aromatic N) is 3. The third-order valence-corrected chi connectivity index (χ3v) is 3.12. The Morgan fingerprint density at radius 3 is 2.95 bits per heavy atom. The third-order valence-electron chi connectivity index (χ3n) is 3.12. The van der Waals surface area contributed by atoms with Gasteiger partial charge in [0.25, 0.3) is 0 Å². The molecule has 0 radical (unpaired) electrons.